The third kappa shape index (κ3) is 3.03. The van der Waals surface area contributed by atoms with Crippen LogP contribution in [0.1, 0.15) is 5.56 Å². The molecule has 0 aromatic heterocycles. The van der Waals surface area contributed by atoms with Crippen molar-refractivity contribution in [2.45, 2.75) is 6.54 Å². The molecule has 0 bridgehead atoms. The molecule has 2 aromatic carbocycles. The standard InChI is InChI=1S/C15H14ClNO3/c16-9-15(20)17(12-6-2-4-8-14(12)19)10-11-5-1-3-7-13(11)18/h1-8,18-19H,9-10H2. The van der Waals surface area contributed by atoms with Gasteiger partial charge in [0, 0.05) is 5.56 Å². The van der Waals surface area contributed by atoms with Crippen LogP contribution in [0, 0.1) is 0 Å². The molecule has 0 spiro atoms. The number of phenols is 2. The minimum absolute atomic E-state index is 0.0126. The van der Waals surface area contributed by atoms with Crippen molar-refractivity contribution in [3.63, 3.8) is 0 Å². The Morgan fingerprint density at radius 2 is 1.60 bits per heavy atom. The monoisotopic (exact) mass is 291 g/mol. The van der Waals surface area contributed by atoms with Gasteiger partial charge in [-0.25, -0.2) is 0 Å². The fraction of sp³-hybridized carbons (Fsp3) is 0.133. The summed E-state index contributed by atoms with van der Waals surface area (Å²) in [7, 11) is 0. The number of carbonyl (C=O) groups is 1. The summed E-state index contributed by atoms with van der Waals surface area (Å²) in [5, 5.41) is 19.7. The van der Waals surface area contributed by atoms with Gasteiger partial charge in [0.2, 0.25) is 5.91 Å². The normalized spacial score (nSPS) is 10.2. The van der Waals surface area contributed by atoms with Crippen LogP contribution in [-0.4, -0.2) is 22.0 Å². The molecule has 0 saturated heterocycles. The van der Waals surface area contributed by atoms with Gasteiger partial charge in [-0.1, -0.05) is 30.3 Å². The summed E-state index contributed by atoms with van der Waals surface area (Å²) in [6.45, 7) is 0.135. The SMILES string of the molecule is O=C(CCl)N(Cc1ccccc1O)c1ccccc1O. The summed E-state index contributed by atoms with van der Waals surface area (Å²) in [6.07, 6.45) is 0. The Kier molecular flexibility index (Phi) is 4.48. The van der Waals surface area contributed by atoms with Crippen LogP contribution in [0.3, 0.4) is 0 Å². The highest BCUT2D eigenvalue weighted by atomic mass is 35.5. The maximum Gasteiger partial charge on any atom is 0.242 e. The molecule has 0 radical (unpaired) electrons. The van der Waals surface area contributed by atoms with E-state index in [4.69, 9.17) is 11.6 Å². The number of hydrogen-bond donors (Lipinski definition) is 2. The Bertz CT molecular complexity index is 616. The third-order valence-electron chi connectivity index (χ3n) is 2.91. The molecule has 2 N–H and O–H groups in total. The molecule has 0 aliphatic heterocycles. The Balaban J connectivity index is 2.37. The van der Waals surface area contributed by atoms with Gasteiger partial charge in [0.05, 0.1) is 12.2 Å². The van der Waals surface area contributed by atoms with Crippen LogP contribution in [0.2, 0.25) is 0 Å². The van der Waals surface area contributed by atoms with Crippen LogP contribution in [-0.2, 0) is 11.3 Å². The van der Waals surface area contributed by atoms with E-state index in [1.165, 1.54) is 11.0 Å². The van der Waals surface area contributed by atoms with Gasteiger partial charge in [-0.15, -0.1) is 11.6 Å². The number of halogens is 1. The lowest BCUT2D eigenvalue weighted by atomic mass is 10.1. The molecule has 104 valence electrons. The molecule has 0 saturated carbocycles. The number of benzene rings is 2. The lowest BCUT2D eigenvalue weighted by molar-refractivity contribution is -0.116. The molecule has 0 atom stereocenters. The van der Waals surface area contributed by atoms with Crippen molar-refractivity contribution in [3.8, 4) is 11.5 Å². The second-order valence-corrected chi connectivity index (χ2v) is 4.50. The second-order valence-electron chi connectivity index (χ2n) is 4.23. The van der Waals surface area contributed by atoms with Gasteiger partial charge in [-0.3, -0.25) is 4.79 Å². The molecule has 1 amide bonds. The van der Waals surface area contributed by atoms with Gasteiger partial charge in [0.15, 0.2) is 0 Å². The molecular weight excluding hydrogens is 278 g/mol. The third-order valence-corrected chi connectivity index (χ3v) is 3.14. The van der Waals surface area contributed by atoms with Gasteiger partial charge < -0.3 is 15.1 Å². The van der Waals surface area contributed by atoms with Gasteiger partial charge >= 0.3 is 0 Å². The van der Waals surface area contributed by atoms with Gasteiger partial charge in [0.25, 0.3) is 0 Å². The number of para-hydroxylation sites is 3. The van der Waals surface area contributed by atoms with Crippen LogP contribution < -0.4 is 4.90 Å². The van der Waals surface area contributed by atoms with Crippen LogP contribution in [0.15, 0.2) is 48.5 Å². The Hall–Kier alpha value is -2.20. The Labute approximate surface area is 121 Å². The van der Waals surface area contributed by atoms with Crippen LogP contribution in [0.25, 0.3) is 0 Å². The first-order valence-corrected chi connectivity index (χ1v) is 6.58. The van der Waals surface area contributed by atoms with E-state index in [-0.39, 0.29) is 29.8 Å². The zero-order valence-electron chi connectivity index (χ0n) is 10.7. The van der Waals surface area contributed by atoms with E-state index in [0.717, 1.165) is 0 Å². The predicted octanol–water partition coefficient (Wildman–Crippen LogP) is 2.87. The van der Waals surface area contributed by atoms with E-state index in [1.807, 2.05) is 0 Å². The summed E-state index contributed by atoms with van der Waals surface area (Å²) in [5.74, 6) is -0.477. The molecule has 4 nitrogen and oxygen atoms in total. The number of carbonyl (C=O) groups excluding carboxylic acids is 1. The van der Waals surface area contributed by atoms with E-state index in [0.29, 0.717) is 11.3 Å². The predicted molar refractivity (Wildman–Crippen MR) is 78.1 cm³/mol. The van der Waals surface area contributed by atoms with Crippen molar-refractivity contribution < 1.29 is 15.0 Å². The lowest BCUT2D eigenvalue weighted by Gasteiger charge is -2.23. The molecule has 0 aliphatic carbocycles. The second kappa shape index (κ2) is 6.30. The van der Waals surface area contributed by atoms with E-state index < -0.39 is 0 Å². The zero-order chi connectivity index (χ0) is 14.5. The lowest BCUT2D eigenvalue weighted by Crippen LogP contribution is -2.31. The van der Waals surface area contributed by atoms with Gasteiger partial charge in [-0.2, -0.15) is 0 Å². The van der Waals surface area contributed by atoms with E-state index in [9.17, 15) is 15.0 Å². The zero-order valence-corrected chi connectivity index (χ0v) is 11.4. The first-order valence-electron chi connectivity index (χ1n) is 6.04. The average Bonchev–Trinajstić information content (AvgIpc) is 2.47. The molecule has 0 heterocycles. The first kappa shape index (κ1) is 14.2. The minimum atomic E-state index is -0.351. The molecule has 0 unspecified atom stereocenters. The summed E-state index contributed by atoms with van der Waals surface area (Å²) in [6, 6.07) is 13.2. The summed E-state index contributed by atoms with van der Waals surface area (Å²) in [5.41, 5.74) is 0.940. The number of amides is 1. The fourth-order valence-corrected chi connectivity index (χ4v) is 2.03. The number of alkyl halides is 1. The smallest absolute Gasteiger partial charge is 0.242 e. The van der Waals surface area contributed by atoms with Crippen molar-refractivity contribution >= 4 is 23.2 Å². The van der Waals surface area contributed by atoms with Crippen molar-refractivity contribution in [3.05, 3.63) is 54.1 Å². The molecule has 20 heavy (non-hydrogen) atoms. The molecule has 0 fully saturated rings. The summed E-state index contributed by atoms with van der Waals surface area (Å²) in [4.78, 5) is 13.3. The largest absolute Gasteiger partial charge is 0.508 e. The van der Waals surface area contributed by atoms with Gasteiger partial charge in [-0.05, 0) is 18.2 Å². The van der Waals surface area contributed by atoms with Crippen molar-refractivity contribution in [1.82, 2.24) is 0 Å². The average molecular weight is 292 g/mol. The van der Waals surface area contributed by atoms with E-state index >= 15 is 0 Å². The van der Waals surface area contributed by atoms with Crippen LogP contribution in [0.4, 0.5) is 5.69 Å². The summed E-state index contributed by atoms with van der Waals surface area (Å²) >= 11 is 5.62. The van der Waals surface area contributed by atoms with Gasteiger partial charge in [0.1, 0.15) is 17.4 Å². The highest BCUT2D eigenvalue weighted by Gasteiger charge is 2.19. The number of anilines is 1. The van der Waals surface area contributed by atoms with Crippen molar-refractivity contribution in [2.75, 3.05) is 10.8 Å². The minimum Gasteiger partial charge on any atom is -0.508 e. The van der Waals surface area contributed by atoms with Crippen LogP contribution >= 0.6 is 11.6 Å². The number of phenolic OH excluding ortho intramolecular Hbond substituents is 2. The fourth-order valence-electron chi connectivity index (χ4n) is 1.89. The highest BCUT2D eigenvalue weighted by Crippen LogP contribution is 2.29. The molecule has 2 aromatic rings. The molecule has 0 aliphatic rings. The maximum absolute atomic E-state index is 12.0. The Morgan fingerprint density at radius 1 is 1.00 bits per heavy atom. The molecule has 2 rings (SSSR count). The van der Waals surface area contributed by atoms with E-state index in [1.54, 1.807) is 42.5 Å². The molecular formula is C15H14ClNO3. The Morgan fingerprint density at radius 3 is 2.20 bits per heavy atom. The highest BCUT2D eigenvalue weighted by molar-refractivity contribution is 6.29. The van der Waals surface area contributed by atoms with Crippen molar-refractivity contribution in [1.29, 1.82) is 0 Å². The molecule has 5 heteroatoms. The summed E-state index contributed by atoms with van der Waals surface area (Å²) < 4.78 is 0. The number of aromatic hydroxyl groups is 2. The van der Waals surface area contributed by atoms with E-state index in [2.05, 4.69) is 0 Å². The quantitative estimate of drug-likeness (QED) is 0.852. The number of hydrogen-bond acceptors (Lipinski definition) is 3. The number of rotatable bonds is 4. The van der Waals surface area contributed by atoms with Crippen molar-refractivity contribution in [2.24, 2.45) is 0 Å². The van der Waals surface area contributed by atoms with Crippen LogP contribution in [0.5, 0.6) is 11.5 Å². The maximum atomic E-state index is 12.0. The topological polar surface area (TPSA) is 60.8 Å². The number of nitrogens with zero attached hydrogens (tertiary/aromatic N) is 1. The first-order chi connectivity index (χ1) is 9.63.